The topological polar surface area (TPSA) is 52.6 Å². The summed E-state index contributed by atoms with van der Waals surface area (Å²) >= 11 is 0. The molecule has 0 spiro atoms. The van der Waals surface area contributed by atoms with Gasteiger partial charge in [-0.05, 0) is 44.1 Å². The first kappa shape index (κ1) is 21.1. The normalized spacial score (nSPS) is 15.0. The fraction of sp³-hybridized carbons (Fsp3) is 0.556. The maximum atomic E-state index is 12.1. The standard InChI is InChI=1S/C18H30O4SSi/c1-15-10-12-17(13-11-15)23(19,20)21-14-8-9-16(2)22-24(6,7)18(3,4)5/h8-13,16H,14H2,1-7H3/b9-8+/t16-/m0/s1. The van der Waals surface area contributed by atoms with Crippen molar-refractivity contribution in [2.24, 2.45) is 0 Å². The van der Waals surface area contributed by atoms with Gasteiger partial charge in [0, 0.05) is 0 Å². The Morgan fingerprint density at radius 1 is 1.17 bits per heavy atom. The summed E-state index contributed by atoms with van der Waals surface area (Å²) in [6.45, 7) is 14.8. The highest BCUT2D eigenvalue weighted by Crippen LogP contribution is 2.37. The Balaban J connectivity index is 2.57. The van der Waals surface area contributed by atoms with E-state index >= 15 is 0 Å². The van der Waals surface area contributed by atoms with Crippen LogP contribution in [0.4, 0.5) is 0 Å². The minimum atomic E-state index is -3.72. The predicted molar refractivity (Wildman–Crippen MR) is 101 cm³/mol. The molecule has 0 saturated heterocycles. The Morgan fingerprint density at radius 2 is 1.71 bits per heavy atom. The van der Waals surface area contributed by atoms with Crippen LogP contribution in [-0.2, 0) is 18.7 Å². The van der Waals surface area contributed by atoms with Gasteiger partial charge in [-0.2, -0.15) is 8.42 Å². The van der Waals surface area contributed by atoms with Crippen molar-refractivity contribution in [2.45, 2.75) is 63.8 Å². The van der Waals surface area contributed by atoms with Crippen molar-refractivity contribution in [2.75, 3.05) is 6.61 Å². The quantitative estimate of drug-likeness (QED) is 0.398. The van der Waals surface area contributed by atoms with Crippen molar-refractivity contribution in [1.29, 1.82) is 0 Å². The van der Waals surface area contributed by atoms with Gasteiger partial charge in [-0.1, -0.05) is 50.6 Å². The molecule has 4 nitrogen and oxygen atoms in total. The van der Waals surface area contributed by atoms with Gasteiger partial charge in [-0.15, -0.1) is 0 Å². The van der Waals surface area contributed by atoms with E-state index in [1.165, 1.54) is 0 Å². The molecule has 1 aromatic rings. The summed E-state index contributed by atoms with van der Waals surface area (Å²) in [6, 6.07) is 6.61. The van der Waals surface area contributed by atoms with Crippen LogP contribution in [0.3, 0.4) is 0 Å². The fourth-order valence-corrected chi connectivity index (χ4v) is 4.05. The average Bonchev–Trinajstić information content (AvgIpc) is 2.42. The van der Waals surface area contributed by atoms with Gasteiger partial charge in [-0.25, -0.2) is 0 Å². The largest absolute Gasteiger partial charge is 0.411 e. The zero-order chi connectivity index (χ0) is 18.6. The molecule has 0 aliphatic heterocycles. The Hall–Kier alpha value is -0.953. The molecule has 0 amide bonds. The molecule has 0 aliphatic rings. The number of aryl methyl sites for hydroxylation is 1. The van der Waals surface area contributed by atoms with Gasteiger partial charge in [-0.3, -0.25) is 4.18 Å². The molecule has 136 valence electrons. The molecular weight excluding hydrogens is 340 g/mol. The summed E-state index contributed by atoms with van der Waals surface area (Å²) in [5, 5.41) is 0.139. The molecule has 0 unspecified atom stereocenters. The third-order valence-corrected chi connectivity index (χ3v) is 10.2. The van der Waals surface area contributed by atoms with Crippen molar-refractivity contribution in [1.82, 2.24) is 0 Å². The number of benzene rings is 1. The summed E-state index contributed by atoms with van der Waals surface area (Å²) in [6.07, 6.45) is 3.48. The van der Waals surface area contributed by atoms with Crippen molar-refractivity contribution >= 4 is 18.4 Å². The highest BCUT2D eigenvalue weighted by molar-refractivity contribution is 7.86. The average molecular weight is 371 g/mol. The molecule has 24 heavy (non-hydrogen) atoms. The SMILES string of the molecule is Cc1ccc(S(=O)(=O)OC/C=C/[C@H](C)O[Si](C)(C)C(C)(C)C)cc1. The Kier molecular flexibility index (Phi) is 6.99. The van der Waals surface area contributed by atoms with Crippen LogP contribution >= 0.6 is 0 Å². The van der Waals surface area contributed by atoms with Crippen molar-refractivity contribution < 1.29 is 17.0 Å². The first-order valence-corrected chi connectivity index (χ1v) is 12.5. The summed E-state index contributed by atoms with van der Waals surface area (Å²) in [7, 11) is -5.55. The monoisotopic (exact) mass is 370 g/mol. The summed E-state index contributed by atoms with van der Waals surface area (Å²) in [5.74, 6) is 0. The second-order valence-electron chi connectivity index (χ2n) is 7.56. The van der Waals surface area contributed by atoms with Gasteiger partial charge in [0.25, 0.3) is 10.1 Å². The second kappa shape index (κ2) is 7.95. The van der Waals surface area contributed by atoms with Gasteiger partial charge in [0.1, 0.15) is 0 Å². The molecule has 1 rings (SSSR count). The lowest BCUT2D eigenvalue weighted by molar-refractivity contribution is 0.242. The van der Waals surface area contributed by atoms with E-state index in [1.807, 2.05) is 19.9 Å². The number of hydrogen-bond acceptors (Lipinski definition) is 4. The lowest BCUT2D eigenvalue weighted by Gasteiger charge is -2.37. The van der Waals surface area contributed by atoms with Gasteiger partial charge in [0.05, 0.1) is 17.6 Å². The van der Waals surface area contributed by atoms with E-state index in [0.29, 0.717) is 0 Å². The Morgan fingerprint density at radius 3 is 2.21 bits per heavy atom. The van der Waals surface area contributed by atoms with Crippen molar-refractivity contribution in [3.63, 3.8) is 0 Å². The van der Waals surface area contributed by atoms with Crippen LogP contribution in [0, 0.1) is 6.92 Å². The smallest absolute Gasteiger partial charge is 0.297 e. The zero-order valence-electron chi connectivity index (χ0n) is 15.8. The van der Waals surface area contributed by atoms with Crippen LogP contribution in [0.15, 0.2) is 41.3 Å². The maximum absolute atomic E-state index is 12.1. The maximum Gasteiger partial charge on any atom is 0.297 e. The molecule has 0 fully saturated rings. The van der Waals surface area contributed by atoms with Gasteiger partial charge in [0.15, 0.2) is 8.32 Å². The van der Waals surface area contributed by atoms with E-state index < -0.39 is 18.4 Å². The van der Waals surface area contributed by atoms with Crippen LogP contribution in [0.25, 0.3) is 0 Å². The minimum Gasteiger partial charge on any atom is -0.411 e. The third kappa shape index (κ3) is 6.16. The van der Waals surface area contributed by atoms with Crippen LogP contribution in [0.1, 0.15) is 33.3 Å². The minimum absolute atomic E-state index is 0.00140. The number of rotatable bonds is 7. The highest BCUT2D eigenvalue weighted by atomic mass is 32.2. The van der Waals surface area contributed by atoms with Gasteiger partial charge >= 0.3 is 0 Å². The molecule has 0 aliphatic carbocycles. The first-order chi connectivity index (χ1) is 10.8. The van der Waals surface area contributed by atoms with E-state index in [9.17, 15) is 8.42 Å². The van der Waals surface area contributed by atoms with E-state index in [4.69, 9.17) is 8.61 Å². The van der Waals surface area contributed by atoms with Gasteiger partial charge < -0.3 is 4.43 Å². The van der Waals surface area contributed by atoms with Crippen LogP contribution in [-0.4, -0.2) is 29.4 Å². The third-order valence-electron chi connectivity index (χ3n) is 4.32. The molecule has 0 radical (unpaired) electrons. The molecule has 0 bridgehead atoms. The van der Waals surface area contributed by atoms with Crippen LogP contribution in [0.2, 0.25) is 18.1 Å². The summed E-state index contributed by atoms with van der Waals surface area (Å²) in [5.41, 5.74) is 1.01. The van der Waals surface area contributed by atoms with Crippen molar-refractivity contribution in [3.05, 3.63) is 42.0 Å². The number of hydrogen-bond donors (Lipinski definition) is 0. The van der Waals surface area contributed by atoms with E-state index in [0.717, 1.165) is 5.56 Å². The molecule has 0 aromatic heterocycles. The molecule has 0 saturated carbocycles. The summed E-state index contributed by atoms with van der Waals surface area (Å²) in [4.78, 5) is 0.173. The Bertz CT molecular complexity index is 655. The second-order valence-corrected chi connectivity index (χ2v) is 13.9. The highest BCUT2D eigenvalue weighted by Gasteiger charge is 2.37. The molecule has 1 atom stereocenters. The van der Waals surface area contributed by atoms with E-state index in [2.05, 4.69) is 33.9 Å². The summed E-state index contributed by atoms with van der Waals surface area (Å²) < 4.78 is 35.4. The molecular formula is C18H30O4SSi. The lowest BCUT2D eigenvalue weighted by Crippen LogP contribution is -2.42. The van der Waals surface area contributed by atoms with Gasteiger partial charge in [0.2, 0.25) is 0 Å². The predicted octanol–water partition coefficient (Wildman–Crippen LogP) is 4.67. The Labute approximate surface area is 148 Å². The molecule has 0 N–H and O–H groups in total. The first-order valence-electron chi connectivity index (χ1n) is 8.16. The molecule has 1 aromatic carbocycles. The van der Waals surface area contributed by atoms with Crippen LogP contribution < -0.4 is 0 Å². The molecule has 0 heterocycles. The van der Waals surface area contributed by atoms with Crippen LogP contribution in [0.5, 0.6) is 0 Å². The van der Waals surface area contributed by atoms with E-state index in [1.54, 1.807) is 30.3 Å². The molecule has 6 heteroatoms. The fourth-order valence-electron chi connectivity index (χ4n) is 1.83. The van der Waals surface area contributed by atoms with Crippen molar-refractivity contribution in [3.8, 4) is 0 Å². The lowest BCUT2D eigenvalue weighted by atomic mass is 10.2. The zero-order valence-corrected chi connectivity index (χ0v) is 17.6. The van der Waals surface area contributed by atoms with E-state index in [-0.39, 0.29) is 22.6 Å².